The molecular weight excluding hydrogens is 184 g/mol. The monoisotopic (exact) mass is 204 g/mol. The van der Waals surface area contributed by atoms with Crippen molar-refractivity contribution in [3.8, 4) is 0 Å². The van der Waals surface area contributed by atoms with Gasteiger partial charge in [0, 0.05) is 19.8 Å². The van der Waals surface area contributed by atoms with Crippen molar-refractivity contribution in [2.24, 2.45) is 11.7 Å². The summed E-state index contributed by atoms with van der Waals surface area (Å²) in [6, 6.07) is 8.91. The molecule has 0 atom stereocenters. The Bertz CT molecular complexity index is 310. The van der Waals surface area contributed by atoms with Crippen molar-refractivity contribution in [1.29, 1.82) is 0 Å². The minimum atomic E-state index is 0.759. The number of anilines is 1. The normalized spacial score (nSPS) is 24.7. The second kappa shape index (κ2) is 4.23. The molecule has 0 saturated heterocycles. The van der Waals surface area contributed by atoms with E-state index in [0.717, 1.165) is 18.4 Å². The largest absolute Gasteiger partial charge is 0.378 e. The molecule has 1 fully saturated rings. The molecule has 2 nitrogen and oxygen atoms in total. The number of benzene rings is 1. The van der Waals surface area contributed by atoms with E-state index in [0.29, 0.717) is 0 Å². The molecule has 1 aromatic rings. The number of hydrogen-bond donors (Lipinski definition) is 1. The number of rotatable bonds is 3. The molecule has 2 heteroatoms. The van der Waals surface area contributed by atoms with Gasteiger partial charge >= 0.3 is 0 Å². The van der Waals surface area contributed by atoms with Crippen LogP contribution in [0.1, 0.15) is 24.3 Å². The van der Waals surface area contributed by atoms with E-state index in [-0.39, 0.29) is 0 Å². The molecule has 0 heterocycles. The molecule has 2 N–H and O–H groups in total. The van der Waals surface area contributed by atoms with E-state index >= 15 is 0 Å². The van der Waals surface area contributed by atoms with Gasteiger partial charge in [0.05, 0.1) is 0 Å². The zero-order chi connectivity index (χ0) is 10.8. The van der Waals surface area contributed by atoms with E-state index in [4.69, 9.17) is 5.73 Å². The fraction of sp³-hybridized carbons (Fsp3) is 0.538. The van der Waals surface area contributed by atoms with Gasteiger partial charge in [0.15, 0.2) is 0 Å². The Kier molecular flexibility index (Phi) is 2.96. The second-order valence-corrected chi connectivity index (χ2v) is 4.76. The van der Waals surface area contributed by atoms with Gasteiger partial charge in [-0.2, -0.15) is 0 Å². The van der Waals surface area contributed by atoms with Gasteiger partial charge in [0.1, 0.15) is 0 Å². The fourth-order valence-electron chi connectivity index (χ4n) is 2.24. The van der Waals surface area contributed by atoms with Crippen molar-refractivity contribution in [3.05, 3.63) is 29.8 Å². The topological polar surface area (TPSA) is 29.3 Å². The molecule has 0 aromatic heterocycles. The van der Waals surface area contributed by atoms with Crippen LogP contribution >= 0.6 is 0 Å². The highest BCUT2D eigenvalue weighted by molar-refractivity contribution is 5.46. The summed E-state index contributed by atoms with van der Waals surface area (Å²) in [4.78, 5) is 2.13. The number of nitrogens with zero attached hydrogens (tertiary/aromatic N) is 1. The van der Waals surface area contributed by atoms with Gasteiger partial charge in [-0.25, -0.2) is 0 Å². The molecule has 2 rings (SSSR count). The van der Waals surface area contributed by atoms with Crippen LogP contribution in [0.3, 0.4) is 0 Å². The molecule has 15 heavy (non-hydrogen) atoms. The van der Waals surface area contributed by atoms with E-state index < -0.39 is 0 Å². The maximum atomic E-state index is 5.63. The average molecular weight is 204 g/mol. The standard InChI is InChI=1S/C13H20N2/c1-15(2)13-5-3-11(4-6-13)12-7-10(8-12)9-14/h3-6,10,12H,7-9,14H2,1-2H3. The quantitative estimate of drug-likeness (QED) is 0.818. The summed E-state index contributed by atoms with van der Waals surface area (Å²) in [6.45, 7) is 0.853. The molecule has 0 amide bonds. The first-order valence-corrected chi connectivity index (χ1v) is 5.68. The minimum absolute atomic E-state index is 0.759. The second-order valence-electron chi connectivity index (χ2n) is 4.76. The van der Waals surface area contributed by atoms with Crippen LogP contribution < -0.4 is 10.6 Å². The minimum Gasteiger partial charge on any atom is -0.378 e. The highest BCUT2D eigenvalue weighted by Gasteiger charge is 2.28. The lowest BCUT2D eigenvalue weighted by molar-refractivity contribution is 0.272. The van der Waals surface area contributed by atoms with Crippen LogP contribution in [0.2, 0.25) is 0 Å². The van der Waals surface area contributed by atoms with Crippen LogP contribution in [0.5, 0.6) is 0 Å². The van der Waals surface area contributed by atoms with Crippen LogP contribution in [0.25, 0.3) is 0 Å². The fourth-order valence-corrected chi connectivity index (χ4v) is 2.24. The SMILES string of the molecule is CN(C)c1ccc(C2CC(CN)C2)cc1. The van der Waals surface area contributed by atoms with E-state index in [1.54, 1.807) is 0 Å². The van der Waals surface area contributed by atoms with Gasteiger partial charge in [-0.3, -0.25) is 0 Å². The average Bonchev–Trinajstić information content (AvgIpc) is 2.17. The van der Waals surface area contributed by atoms with Crippen LogP contribution in [0, 0.1) is 5.92 Å². The maximum absolute atomic E-state index is 5.63. The summed E-state index contributed by atoms with van der Waals surface area (Å²) < 4.78 is 0. The van der Waals surface area contributed by atoms with Crippen LogP contribution in [-0.4, -0.2) is 20.6 Å². The zero-order valence-electron chi connectivity index (χ0n) is 9.61. The number of hydrogen-bond acceptors (Lipinski definition) is 2. The molecule has 0 unspecified atom stereocenters. The van der Waals surface area contributed by atoms with Gasteiger partial charge in [0.25, 0.3) is 0 Å². The molecule has 0 spiro atoms. The lowest BCUT2D eigenvalue weighted by atomic mass is 9.71. The molecule has 1 aromatic carbocycles. The first-order chi connectivity index (χ1) is 7.20. The highest BCUT2D eigenvalue weighted by Crippen LogP contribution is 2.41. The Morgan fingerprint density at radius 3 is 2.27 bits per heavy atom. The first kappa shape index (κ1) is 10.5. The molecular formula is C13H20N2. The highest BCUT2D eigenvalue weighted by atomic mass is 15.1. The maximum Gasteiger partial charge on any atom is 0.0361 e. The third kappa shape index (κ3) is 2.15. The van der Waals surface area contributed by atoms with E-state index in [9.17, 15) is 0 Å². The van der Waals surface area contributed by atoms with E-state index in [1.165, 1.54) is 24.1 Å². The van der Waals surface area contributed by atoms with Crippen molar-refractivity contribution >= 4 is 5.69 Å². The third-order valence-corrected chi connectivity index (χ3v) is 3.45. The predicted molar refractivity (Wildman–Crippen MR) is 65.3 cm³/mol. The van der Waals surface area contributed by atoms with E-state index in [2.05, 4.69) is 43.3 Å². The predicted octanol–water partition coefficient (Wildman–Crippen LogP) is 2.20. The molecule has 0 aliphatic heterocycles. The van der Waals surface area contributed by atoms with Crippen molar-refractivity contribution < 1.29 is 0 Å². The lowest BCUT2D eigenvalue weighted by Gasteiger charge is -2.35. The van der Waals surface area contributed by atoms with E-state index in [1.807, 2.05) is 0 Å². The molecule has 0 radical (unpaired) electrons. The van der Waals surface area contributed by atoms with Gasteiger partial charge in [-0.05, 0) is 48.9 Å². The number of nitrogens with two attached hydrogens (primary N) is 1. The summed E-state index contributed by atoms with van der Waals surface area (Å²) in [6.07, 6.45) is 2.55. The smallest absolute Gasteiger partial charge is 0.0361 e. The molecule has 1 aliphatic carbocycles. The molecule has 1 aliphatic rings. The summed E-state index contributed by atoms with van der Waals surface area (Å²) in [5.74, 6) is 1.53. The van der Waals surface area contributed by atoms with Gasteiger partial charge in [0.2, 0.25) is 0 Å². The van der Waals surface area contributed by atoms with Crippen molar-refractivity contribution in [2.75, 3.05) is 25.5 Å². The summed E-state index contributed by atoms with van der Waals surface area (Å²) >= 11 is 0. The van der Waals surface area contributed by atoms with Crippen molar-refractivity contribution in [1.82, 2.24) is 0 Å². The Balaban J connectivity index is 1.99. The third-order valence-electron chi connectivity index (χ3n) is 3.45. The first-order valence-electron chi connectivity index (χ1n) is 5.68. The Labute approximate surface area is 92.1 Å². The summed E-state index contributed by atoms with van der Waals surface area (Å²) in [5, 5.41) is 0. The summed E-state index contributed by atoms with van der Waals surface area (Å²) in [5.41, 5.74) is 8.38. The van der Waals surface area contributed by atoms with Crippen LogP contribution in [0.15, 0.2) is 24.3 Å². The van der Waals surface area contributed by atoms with Crippen LogP contribution in [0.4, 0.5) is 5.69 Å². The van der Waals surface area contributed by atoms with Gasteiger partial charge in [-0.1, -0.05) is 12.1 Å². The Morgan fingerprint density at radius 1 is 1.20 bits per heavy atom. The van der Waals surface area contributed by atoms with Crippen molar-refractivity contribution in [2.45, 2.75) is 18.8 Å². The molecule has 1 saturated carbocycles. The summed E-state index contributed by atoms with van der Waals surface area (Å²) in [7, 11) is 4.14. The van der Waals surface area contributed by atoms with Crippen LogP contribution in [-0.2, 0) is 0 Å². The molecule has 0 bridgehead atoms. The van der Waals surface area contributed by atoms with Gasteiger partial charge < -0.3 is 10.6 Å². The van der Waals surface area contributed by atoms with Crippen molar-refractivity contribution in [3.63, 3.8) is 0 Å². The zero-order valence-corrected chi connectivity index (χ0v) is 9.61. The molecule has 82 valence electrons. The van der Waals surface area contributed by atoms with Gasteiger partial charge in [-0.15, -0.1) is 0 Å². The lowest BCUT2D eigenvalue weighted by Crippen LogP contribution is -2.28. The Hall–Kier alpha value is -1.02. The Morgan fingerprint density at radius 2 is 1.80 bits per heavy atom.